The van der Waals surface area contributed by atoms with Crippen LogP contribution in [0.5, 0.6) is 0 Å². The molecule has 24 heavy (non-hydrogen) atoms. The maximum absolute atomic E-state index is 12.6. The van der Waals surface area contributed by atoms with E-state index in [1.165, 1.54) is 29.8 Å². The summed E-state index contributed by atoms with van der Waals surface area (Å²) in [5, 5.41) is 4.85. The Morgan fingerprint density at radius 1 is 1.33 bits per heavy atom. The summed E-state index contributed by atoms with van der Waals surface area (Å²) < 4.78 is 25.8. The summed E-state index contributed by atoms with van der Waals surface area (Å²) >= 11 is 1.19. The second kappa shape index (κ2) is 8.11. The van der Waals surface area contributed by atoms with E-state index in [1.54, 1.807) is 0 Å². The van der Waals surface area contributed by atoms with Gasteiger partial charge in [0.05, 0.1) is 9.77 Å². The minimum absolute atomic E-state index is 0. The van der Waals surface area contributed by atoms with E-state index in [4.69, 9.17) is 0 Å². The minimum Gasteiger partial charge on any atom is -0.336 e. The lowest BCUT2D eigenvalue weighted by Crippen LogP contribution is -2.49. The normalized spacial score (nSPS) is 22.4. The van der Waals surface area contributed by atoms with Gasteiger partial charge >= 0.3 is 0 Å². The van der Waals surface area contributed by atoms with E-state index in [1.807, 2.05) is 4.90 Å². The highest BCUT2D eigenvalue weighted by Gasteiger charge is 2.32. The summed E-state index contributed by atoms with van der Waals surface area (Å²) in [7, 11) is -2.12. The average Bonchev–Trinajstić information content (AvgIpc) is 3.25. The quantitative estimate of drug-likeness (QED) is 0.762. The SMILES string of the molecule is CNS(=O)(=O)c1csc(C(=O)N2CCC(N3CCNCC3)C2)c1.Cl. The molecule has 2 aliphatic rings. The van der Waals surface area contributed by atoms with Crippen LogP contribution in [0.25, 0.3) is 0 Å². The first-order chi connectivity index (χ1) is 11.0. The number of amides is 1. The molecule has 1 aromatic rings. The van der Waals surface area contributed by atoms with Crippen molar-refractivity contribution in [3.8, 4) is 0 Å². The summed E-state index contributed by atoms with van der Waals surface area (Å²) in [6, 6.07) is 1.89. The Bertz CT molecular complexity index is 673. The maximum atomic E-state index is 12.6. The number of halogens is 1. The zero-order valence-corrected chi connectivity index (χ0v) is 16.0. The molecule has 0 aromatic carbocycles. The summed E-state index contributed by atoms with van der Waals surface area (Å²) in [5.74, 6) is -0.0646. The molecule has 2 N–H and O–H groups in total. The van der Waals surface area contributed by atoms with Crippen molar-refractivity contribution in [3.63, 3.8) is 0 Å². The monoisotopic (exact) mass is 394 g/mol. The molecule has 7 nitrogen and oxygen atoms in total. The molecule has 2 fully saturated rings. The fourth-order valence-corrected chi connectivity index (χ4v) is 5.09. The number of nitrogens with zero attached hydrogens (tertiary/aromatic N) is 2. The third-order valence-corrected chi connectivity index (χ3v) is 6.94. The smallest absolute Gasteiger partial charge is 0.264 e. The number of thiophene rings is 1. The molecule has 3 heterocycles. The van der Waals surface area contributed by atoms with Crippen molar-refractivity contribution in [3.05, 3.63) is 16.3 Å². The van der Waals surface area contributed by atoms with E-state index >= 15 is 0 Å². The van der Waals surface area contributed by atoms with E-state index in [9.17, 15) is 13.2 Å². The molecule has 0 bridgehead atoms. The van der Waals surface area contributed by atoms with Crippen LogP contribution in [-0.2, 0) is 10.0 Å². The number of sulfonamides is 1. The van der Waals surface area contributed by atoms with Gasteiger partial charge < -0.3 is 10.2 Å². The zero-order chi connectivity index (χ0) is 16.4. The van der Waals surface area contributed by atoms with Crippen LogP contribution in [0.1, 0.15) is 16.1 Å². The van der Waals surface area contributed by atoms with Crippen molar-refractivity contribution in [1.29, 1.82) is 0 Å². The second-order valence-corrected chi connectivity index (χ2v) is 8.63. The van der Waals surface area contributed by atoms with Crippen molar-refractivity contribution >= 4 is 39.7 Å². The lowest BCUT2D eigenvalue weighted by molar-refractivity contribution is 0.0778. The highest BCUT2D eigenvalue weighted by atomic mass is 35.5. The van der Waals surface area contributed by atoms with Crippen LogP contribution in [0.15, 0.2) is 16.3 Å². The highest BCUT2D eigenvalue weighted by molar-refractivity contribution is 7.89. The van der Waals surface area contributed by atoms with Crippen molar-refractivity contribution in [2.75, 3.05) is 46.3 Å². The van der Waals surface area contributed by atoms with E-state index in [-0.39, 0.29) is 23.2 Å². The largest absolute Gasteiger partial charge is 0.336 e. The standard InChI is InChI=1S/C14H22N4O3S2.ClH/c1-15-23(20,21)12-8-13(22-10-12)14(19)18-5-2-11(9-18)17-6-3-16-4-7-17;/h8,10-11,15-16H,2-7,9H2,1H3;1H. The van der Waals surface area contributed by atoms with E-state index in [0.29, 0.717) is 10.9 Å². The molecule has 136 valence electrons. The van der Waals surface area contributed by atoms with Gasteiger partial charge in [0.15, 0.2) is 0 Å². The zero-order valence-electron chi connectivity index (χ0n) is 13.5. The molecule has 1 atom stereocenters. The van der Waals surface area contributed by atoms with Crippen molar-refractivity contribution in [2.24, 2.45) is 0 Å². The van der Waals surface area contributed by atoms with Gasteiger partial charge in [0.2, 0.25) is 10.0 Å². The van der Waals surface area contributed by atoms with Gasteiger partial charge in [0.25, 0.3) is 5.91 Å². The van der Waals surface area contributed by atoms with Gasteiger partial charge in [-0.2, -0.15) is 0 Å². The van der Waals surface area contributed by atoms with Gasteiger partial charge in [-0.3, -0.25) is 9.69 Å². The molecule has 1 amide bonds. The van der Waals surface area contributed by atoms with Crippen LogP contribution in [0.3, 0.4) is 0 Å². The number of hydrogen-bond acceptors (Lipinski definition) is 6. The van der Waals surface area contributed by atoms with E-state index in [0.717, 1.165) is 45.7 Å². The number of likely N-dealkylation sites (tertiary alicyclic amines) is 1. The van der Waals surface area contributed by atoms with Crippen molar-refractivity contribution < 1.29 is 13.2 Å². The van der Waals surface area contributed by atoms with Crippen molar-refractivity contribution in [1.82, 2.24) is 19.8 Å². The number of piperazine rings is 1. The first kappa shape index (κ1) is 19.6. The third-order valence-electron chi connectivity index (χ3n) is 4.48. The molecule has 0 aliphatic carbocycles. The average molecular weight is 395 g/mol. The third kappa shape index (κ3) is 4.09. The van der Waals surface area contributed by atoms with Gasteiger partial charge in [0.1, 0.15) is 0 Å². The molecule has 0 spiro atoms. The van der Waals surface area contributed by atoms with Crippen molar-refractivity contribution in [2.45, 2.75) is 17.4 Å². The Balaban J connectivity index is 0.00000208. The van der Waals surface area contributed by atoms with Gasteiger partial charge in [-0.1, -0.05) is 0 Å². The van der Waals surface area contributed by atoms with Gasteiger partial charge in [-0.15, -0.1) is 23.7 Å². The maximum Gasteiger partial charge on any atom is 0.264 e. The predicted octanol–water partition coefficient (Wildman–Crippen LogP) is 0.198. The van der Waals surface area contributed by atoms with E-state index < -0.39 is 10.0 Å². The number of nitrogens with one attached hydrogen (secondary N) is 2. The number of hydrogen-bond donors (Lipinski definition) is 2. The Labute approximate surface area is 152 Å². The molecule has 10 heteroatoms. The Hall–Kier alpha value is -0.710. The molecule has 1 aromatic heterocycles. The van der Waals surface area contributed by atoms with Gasteiger partial charge in [-0.05, 0) is 19.5 Å². The Morgan fingerprint density at radius 3 is 2.71 bits per heavy atom. The van der Waals surface area contributed by atoms with Gasteiger partial charge in [-0.25, -0.2) is 13.1 Å². The number of rotatable bonds is 4. The van der Waals surface area contributed by atoms with E-state index in [2.05, 4.69) is 14.9 Å². The molecule has 2 saturated heterocycles. The first-order valence-corrected chi connectivity index (χ1v) is 10.1. The molecule has 2 aliphatic heterocycles. The minimum atomic E-state index is -3.49. The van der Waals surface area contributed by atoms with Crippen LogP contribution in [0.4, 0.5) is 0 Å². The van der Waals surface area contributed by atoms with Crippen LogP contribution in [0.2, 0.25) is 0 Å². The molecule has 0 radical (unpaired) electrons. The summed E-state index contributed by atoms with van der Waals surface area (Å²) in [6.45, 7) is 5.51. The topological polar surface area (TPSA) is 81.8 Å². The molecular formula is C14H23ClN4O3S2. The fourth-order valence-electron chi connectivity index (χ4n) is 3.12. The molecule has 1 unspecified atom stereocenters. The molecule has 0 saturated carbocycles. The van der Waals surface area contributed by atoms with Crippen LogP contribution in [0, 0.1) is 0 Å². The number of carbonyl (C=O) groups is 1. The molecular weight excluding hydrogens is 372 g/mol. The highest BCUT2D eigenvalue weighted by Crippen LogP contribution is 2.24. The number of carbonyl (C=O) groups excluding carboxylic acids is 1. The van der Waals surface area contributed by atoms with Crippen LogP contribution < -0.4 is 10.0 Å². The first-order valence-electron chi connectivity index (χ1n) is 7.77. The van der Waals surface area contributed by atoms with Crippen LogP contribution >= 0.6 is 23.7 Å². The Morgan fingerprint density at radius 2 is 2.04 bits per heavy atom. The summed E-state index contributed by atoms with van der Waals surface area (Å²) in [6.07, 6.45) is 0.985. The van der Waals surface area contributed by atoms with Gasteiger partial charge in [0, 0.05) is 50.7 Å². The van der Waals surface area contributed by atoms with Crippen LogP contribution in [-0.4, -0.2) is 76.5 Å². The second-order valence-electron chi connectivity index (χ2n) is 5.83. The fraction of sp³-hybridized carbons (Fsp3) is 0.643. The summed E-state index contributed by atoms with van der Waals surface area (Å²) in [4.78, 5) is 17.5. The lowest BCUT2D eigenvalue weighted by Gasteiger charge is -2.32. The predicted molar refractivity (Wildman–Crippen MR) is 96.6 cm³/mol. The molecule has 3 rings (SSSR count). The Kier molecular flexibility index (Phi) is 6.63. The summed E-state index contributed by atoms with van der Waals surface area (Å²) in [5.41, 5.74) is 0. The lowest BCUT2D eigenvalue weighted by atomic mass is 10.2.